The zero-order valence-corrected chi connectivity index (χ0v) is 11.1. The number of unbranched alkanes of at least 4 members (excludes halogenated alkanes) is 4. The molecule has 3 heteroatoms. The van der Waals surface area contributed by atoms with Crippen LogP contribution in [-0.4, -0.2) is 17.7 Å². The van der Waals surface area contributed by atoms with Crippen molar-refractivity contribution in [3.8, 4) is 0 Å². The molecule has 0 fully saturated rings. The third kappa shape index (κ3) is 5.32. The first-order valence-corrected chi connectivity index (χ1v) is 6.76. The zero-order valence-electron chi connectivity index (χ0n) is 11.1. The van der Waals surface area contributed by atoms with Crippen molar-refractivity contribution in [2.75, 3.05) is 6.73 Å². The van der Waals surface area contributed by atoms with Crippen molar-refractivity contribution in [3.63, 3.8) is 0 Å². The molecule has 0 spiro atoms. The van der Waals surface area contributed by atoms with Crippen molar-refractivity contribution in [1.29, 1.82) is 0 Å². The number of carbonyl (C=O) groups excluding carboxylic acids is 1. The molecule has 1 aromatic carbocycles. The molecule has 0 aliphatic carbocycles. The summed E-state index contributed by atoms with van der Waals surface area (Å²) in [5.41, 5.74) is 1.87. The molecule has 0 atom stereocenters. The summed E-state index contributed by atoms with van der Waals surface area (Å²) in [7, 11) is 0. The van der Waals surface area contributed by atoms with Crippen LogP contribution in [0.4, 0.5) is 0 Å². The summed E-state index contributed by atoms with van der Waals surface area (Å²) in [6, 6.07) is 7.61. The van der Waals surface area contributed by atoms with E-state index in [4.69, 9.17) is 5.11 Å². The summed E-state index contributed by atoms with van der Waals surface area (Å²) in [6.45, 7) is 1.90. The van der Waals surface area contributed by atoms with E-state index in [1.165, 1.54) is 37.7 Å². The third-order valence-electron chi connectivity index (χ3n) is 3.02. The fraction of sp³-hybridized carbons (Fsp3) is 0.533. The maximum Gasteiger partial charge on any atom is 0.253 e. The second kappa shape index (κ2) is 8.70. The predicted molar refractivity (Wildman–Crippen MR) is 73.5 cm³/mol. The molecule has 18 heavy (non-hydrogen) atoms. The molecule has 0 radical (unpaired) electrons. The number of aliphatic hydroxyl groups is 1. The normalized spacial score (nSPS) is 10.3. The summed E-state index contributed by atoms with van der Waals surface area (Å²) in [4.78, 5) is 11.4. The number of benzene rings is 1. The highest BCUT2D eigenvalue weighted by molar-refractivity contribution is 5.94. The highest BCUT2D eigenvalue weighted by atomic mass is 16.3. The van der Waals surface area contributed by atoms with E-state index >= 15 is 0 Å². The monoisotopic (exact) mass is 249 g/mol. The summed E-state index contributed by atoms with van der Waals surface area (Å²) in [5.74, 6) is -0.230. The van der Waals surface area contributed by atoms with Gasteiger partial charge in [-0.15, -0.1) is 0 Å². The lowest BCUT2D eigenvalue weighted by molar-refractivity contribution is 0.0910. The van der Waals surface area contributed by atoms with Gasteiger partial charge >= 0.3 is 0 Å². The van der Waals surface area contributed by atoms with Gasteiger partial charge in [0.05, 0.1) is 0 Å². The molecule has 0 saturated carbocycles. The van der Waals surface area contributed by atoms with Crippen LogP contribution in [-0.2, 0) is 6.42 Å². The molecule has 1 aromatic rings. The molecular weight excluding hydrogens is 226 g/mol. The van der Waals surface area contributed by atoms with E-state index in [1.807, 2.05) is 24.3 Å². The van der Waals surface area contributed by atoms with Gasteiger partial charge in [-0.2, -0.15) is 0 Å². The van der Waals surface area contributed by atoms with Gasteiger partial charge in [-0.05, 0) is 30.5 Å². The van der Waals surface area contributed by atoms with E-state index in [9.17, 15) is 4.79 Å². The second-order valence-electron chi connectivity index (χ2n) is 4.53. The van der Waals surface area contributed by atoms with Gasteiger partial charge in [0, 0.05) is 5.56 Å². The molecule has 0 bridgehead atoms. The Morgan fingerprint density at radius 1 is 1.11 bits per heavy atom. The molecule has 1 rings (SSSR count). The molecule has 0 unspecified atom stereocenters. The van der Waals surface area contributed by atoms with Crippen LogP contribution in [0.3, 0.4) is 0 Å². The van der Waals surface area contributed by atoms with E-state index in [0.717, 1.165) is 6.42 Å². The average molecular weight is 249 g/mol. The van der Waals surface area contributed by atoms with E-state index < -0.39 is 0 Å². The molecule has 2 N–H and O–H groups in total. The Bertz CT molecular complexity index is 346. The lowest BCUT2D eigenvalue weighted by atomic mass is 10.0. The van der Waals surface area contributed by atoms with Crippen LogP contribution in [0.1, 0.15) is 54.9 Å². The molecule has 0 saturated heterocycles. The number of carbonyl (C=O) groups is 1. The van der Waals surface area contributed by atoms with Crippen LogP contribution in [0, 0.1) is 0 Å². The maximum absolute atomic E-state index is 11.4. The number of nitrogens with one attached hydrogen (secondary N) is 1. The topological polar surface area (TPSA) is 49.3 Å². The number of aliphatic hydroxyl groups excluding tert-OH is 1. The van der Waals surface area contributed by atoms with Crippen LogP contribution in [0.25, 0.3) is 0 Å². The Hall–Kier alpha value is -1.35. The van der Waals surface area contributed by atoms with Gasteiger partial charge in [0.25, 0.3) is 5.91 Å². The van der Waals surface area contributed by atoms with E-state index in [-0.39, 0.29) is 12.6 Å². The quantitative estimate of drug-likeness (QED) is 0.550. The number of rotatable bonds is 8. The minimum absolute atomic E-state index is 0.230. The predicted octanol–water partition coefficient (Wildman–Crippen LogP) is 2.88. The first kappa shape index (κ1) is 14.7. The number of amides is 1. The molecule has 3 nitrogen and oxygen atoms in total. The molecule has 0 aliphatic heterocycles. The Kier molecular flexibility index (Phi) is 7.11. The smallest absolute Gasteiger partial charge is 0.253 e. The van der Waals surface area contributed by atoms with Gasteiger partial charge in [0.15, 0.2) is 0 Å². The van der Waals surface area contributed by atoms with Crippen LogP contribution in [0.5, 0.6) is 0 Å². The minimum Gasteiger partial charge on any atom is -0.376 e. The molecule has 0 aliphatic rings. The average Bonchev–Trinajstić information content (AvgIpc) is 2.39. The molecule has 1 amide bonds. The van der Waals surface area contributed by atoms with Gasteiger partial charge in [0.2, 0.25) is 0 Å². The van der Waals surface area contributed by atoms with Gasteiger partial charge in [-0.25, -0.2) is 0 Å². The first-order chi connectivity index (χ1) is 8.77. The largest absolute Gasteiger partial charge is 0.376 e. The first-order valence-electron chi connectivity index (χ1n) is 6.76. The highest BCUT2D eigenvalue weighted by Crippen LogP contribution is 2.10. The number of hydrogen-bond acceptors (Lipinski definition) is 2. The van der Waals surface area contributed by atoms with Gasteiger partial charge in [0.1, 0.15) is 6.73 Å². The van der Waals surface area contributed by atoms with Crippen molar-refractivity contribution in [1.82, 2.24) is 5.32 Å². The zero-order chi connectivity index (χ0) is 13.2. The van der Waals surface area contributed by atoms with Crippen molar-refractivity contribution >= 4 is 5.91 Å². The Balaban J connectivity index is 2.33. The lowest BCUT2D eigenvalue weighted by Crippen LogP contribution is -2.23. The molecule has 0 aromatic heterocycles. The minimum atomic E-state index is -0.321. The summed E-state index contributed by atoms with van der Waals surface area (Å²) < 4.78 is 0. The molecule has 100 valence electrons. The highest BCUT2D eigenvalue weighted by Gasteiger charge is 2.03. The number of hydrogen-bond donors (Lipinski definition) is 2. The molecule has 0 heterocycles. The SMILES string of the molecule is CCCCCCCc1ccc(C(=O)NCO)cc1. The number of aryl methyl sites for hydroxylation is 1. The van der Waals surface area contributed by atoms with Crippen LogP contribution in [0.2, 0.25) is 0 Å². The Morgan fingerprint density at radius 2 is 1.78 bits per heavy atom. The third-order valence-corrected chi connectivity index (χ3v) is 3.02. The van der Waals surface area contributed by atoms with Crippen molar-refractivity contribution in [3.05, 3.63) is 35.4 Å². The second-order valence-corrected chi connectivity index (χ2v) is 4.53. The fourth-order valence-electron chi connectivity index (χ4n) is 1.93. The van der Waals surface area contributed by atoms with Crippen molar-refractivity contribution in [2.45, 2.75) is 45.4 Å². The van der Waals surface area contributed by atoms with Crippen molar-refractivity contribution in [2.24, 2.45) is 0 Å². The standard InChI is InChI=1S/C15H23NO2/c1-2-3-4-5-6-7-13-8-10-14(11-9-13)15(18)16-12-17/h8-11,17H,2-7,12H2,1H3,(H,16,18). The van der Waals surface area contributed by atoms with E-state index in [2.05, 4.69) is 12.2 Å². The van der Waals surface area contributed by atoms with E-state index in [1.54, 1.807) is 0 Å². The summed E-state index contributed by atoms with van der Waals surface area (Å²) in [5, 5.41) is 11.0. The van der Waals surface area contributed by atoms with Gasteiger partial charge in [-0.1, -0.05) is 44.7 Å². The van der Waals surface area contributed by atoms with E-state index in [0.29, 0.717) is 5.56 Å². The maximum atomic E-state index is 11.4. The van der Waals surface area contributed by atoms with Crippen LogP contribution < -0.4 is 5.32 Å². The Morgan fingerprint density at radius 3 is 2.39 bits per heavy atom. The van der Waals surface area contributed by atoms with Crippen molar-refractivity contribution < 1.29 is 9.90 Å². The summed E-state index contributed by atoms with van der Waals surface area (Å²) in [6.07, 6.45) is 7.47. The fourth-order valence-corrected chi connectivity index (χ4v) is 1.93. The van der Waals surface area contributed by atoms with Gasteiger partial charge < -0.3 is 10.4 Å². The summed E-state index contributed by atoms with van der Waals surface area (Å²) >= 11 is 0. The molecular formula is C15H23NO2. The van der Waals surface area contributed by atoms with Crippen LogP contribution >= 0.6 is 0 Å². The Labute approximate surface area is 109 Å². The van der Waals surface area contributed by atoms with Gasteiger partial charge in [-0.3, -0.25) is 4.79 Å². The van der Waals surface area contributed by atoms with Crippen LogP contribution in [0.15, 0.2) is 24.3 Å². The lowest BCUT2D eigenvalue weighted by Gasteiger charge is -2.04.